The maximum atomic E-state index is 12.7. The van der Waals surface area contributed by atoms with Gasteiger partial charge in [-0.2, -0.15) is 0 Å². The van der Waals surface area contributed by atoms with Gasteiger partial charge in [0.1, 0.15) is 5.82 Å². The van der Waals surface area contributed by atoms with Crippen molar-refractivity contribution in [2.75, 3.05) is 6.54 Å². The topological polar surface area (TPSA) is 24.9 Å². The summed E-state index contributed by atoms with van der Waals surface area (Å²) >= 11 is 0. The van der Waals surface area contributed by atoms with Crippen LogP contribution < -0.4 is 5.32 Å². The SMILES string of the molecule is CC(NCC1CCCCC1)c1ccc(F)cn1. The van der Waals surface area contributed by atoms with Crippen molar-refractivity contribution >= 4 is 0 Å². The van der Waals surface area contributed by atoms with Gasteiger partial charge in [0.15, 0.2) is 0 Å². The molecule has 1 N–H and O–H groups in total. The Bertz CT molecular complexity index is 331. The van der Waals surface area contributed by atoms with Crippen LogP contribution in [0.2, 0.25) is 0 Å². The summed E-state index contributed by atoms with van der Waals surface area (Å²) in [4.78, 5) is 4.10. The Kier molecular flexibility index (Phi) is 4.49. The maximum Gasteiger partial charge on any atom is 0.141 e. The van der Waals surface area contributed by atoms with Crippen molar-refractivity contribution in [1.29, 1.82) is 0 Å². The molecule has 0 spiro atoms. The third-order valence-corrected chi connectivity index (χ3v) is 3.63. The number of hydrogen-bond acceptors (Lipinski definition) is 2. The fourth-order valence-electron chi connectivity index (χ4n) is 2.48. The Balaban J connectivity index is 1.80. The van der Waals surface area contributed by atoms with Crippen LogP contribution in [0.1, 0.15) is 50.8 Å². The quantitative estimate of drug-likeness (QED) is 0.866. The highest BCUT2D eigenvalue weighted by molar-refractivity contribution is 5.08. The lowest BCUT2D eigenvalue weighted by Crippen LogP contribution is -2.27. The van der Waals surface area contributed by atoms with Crippen molar-refractivity contribution < 1.29 is 4.39 Å². The van der Waals surface area contributed by atoms with Gasteiger partial charge in [-0.1, -0.05) is 19.3 Å². The molecule has 1 saturated carbocycles. The second-order valence-corrected chi connectivity index (χ2v) is 5.04. The lowest BCUT2D eigenvalue weighted by Gasteiger charge is -2.23. The number of hydrogen-bond donors (Lipinski definition) is 1. The van der Waals surface area contributed by atoms with Gasteiger partial charge in [-0.15, -0.1) is 0 Å². The van der Waals surface area contributed by atoms with Gasteiger partial charge in [-0.3, -0.25) is 4.98 Å². The highest BCUT2D eigenvalue weighted by Gasteiger charge is 2.14. The van der Waals surface area contributed by atoms with Crippen molar-refractivity contribution in [3.05, 3.63) is 29.8 Å². The Morgan fingerprint density at radius 3 is 2.76 bits per heavy atom. The van der Waals surface area contributed by atoms with Gasteiger partial charge in [0.2, 0.25) is 0 Å². The number of nitrogens with one attached hydrogen (secondary N) is 1. The molecule has 2 nitrogen and oxygen atoms in total. The molecule has 17 heavy (non-hydrogen) atoms. The van der Waals surface area contributed by atoms with Gasteiger partial charge in [-0.05, 0) is 44.4 Å². The number of nitrogens with zero attached hydrogens (tertiary/aromatic N) is 1. The Labute approximate surface area is 103 Å². The lowest BCUT2D eigenvalue weighted by atomic mass is 9.89. The van der Waals surface area contributed by atoms with E-state index in [4.69, 9.17) is 0 Å². The smallest absolute Gasteiger partial charge is 0.141 e. The summed E-state index contributed by atoms with van der Waals surface area (Å²) in [7, 11) is 0. The first-order valence-corrected chi connectivity index (χ1v) is 6.60. The zero-order valence-corrected chi connectivity index (χ0v) is 10.5. The summed E-state index contributed by atoms with van der Waals surface area (Å²) < 4.78 is 12.7. The average molecular weight is 236 g/mol. The number of pyridine rings is 1. The van der Waals surface area contributed by atoms with Crippen LogP contribution in [0.3, 0.4) is 0 Å². The minimum atomic E-state index is -0.270. The molecule has 2 rings (SSSR count). The third kappa shape index (κ3) is 3.77. The fourth-order valence-corrected chi connectivity index (χ4v) is 2.48. The maximum absolute atomic E-state index is 12.7. The van der Waals surface area contributed by atoms with Crippen LogP contribution in [0.15, 0.2) is 18.3 Å². The van der Waals surface area contributed by atoms with E-state index in [9.17, 15) is 4.39 Å². The molecule has 1 aliphatic carbocycles. The van der Waals surface area contributed by atoms with Crippen molar-refractivity contribution in [3.63, 3.8) is 0 Å². The predicted octanol–water partition coefficient (Wildman–Crippen LogP) is 3.45. The van der Waals surface area contributed by atoms with Gasteiger partial charge in [0, 0.05) is 6.04 Å². The van der Waals surface area contributed by atoms with E-state index in [2.05, 4.69) is 17.2 Å². The zero-order chi connectivity index (χ0) is 12.1. The fraction of sp³-hybridized carbons (Fsp3) is 0.643. The molecule has 0 amide bonds. The molecule has 94 valence electrons. The van der Waals surface area contributed by atoms with E-state index >= 15 is 0 Å². The van der Waals surface area contributed by atoms with E-state index in [-0.39, 0.29) is 11.9 Å². The number of halogens is 1. The standard InChI is InChI=1S/C14H21FN2/c1-11(14-8-7-13(15)10-17-14)16-9-12-5-3-2-4-6-12/h7-8,10-12,16H,2-6,9H2,1H3. The average Bonchev–Trinajstić information content (AvgIpc) is 2.38. The van der Waals surface area contributed by atoms with Gasteiger partial charge in [-0.25, -0.2) is 4.39 Å². The lowest BCUT2D eigenvalue weighted by molar-refractivity contribution is 0.330. The van der Waals surface area contributed by atoms with E-state index in [1.165, 1.54) is 44.4 Å². The summed E-state index contributed by atoms with van der Waals surface area (Å²) in [5.74, 6) is 0.542. The molecular weight excluding hydrogens is 215 g/mol. The molecule has 0 saturated heterocycles. The third-order valence-electron chi connectivity index (χ3n) is 3.63. The first-order valence-electron chi connectivity index (χ1n) is 6.60. The van der Waals surface area contributed by atoms with Crippen LogP contribution in [0, 0.1) is 11.7 Å². The molecule has 0 radical (unpaired) electrons. The largest absolute Gasteiger partial charge is 0.309 e. The second kappa shape index (κ2) is 6.10. The van der Waals surface area contributed by atoms with Gasteiger partial charge >= 0.3 is 0 Å². The highest BCUT2D eigenvalue weighted by atomic mass is 19.1. The summed E-state index contributed by atoms with van der Waals surface area (Å²) in [6, 6.07) is 3.44. The van der Waals surface area contributed by atoms with Crippen LogP contribution >= 0.6 is 0 Å². The molecule has 0 bridgehead atoms. The molecule has 1 aliphatic rings. The van der Waals surface area contributed by atoms with E-state index in [0.29, 0.717) is 0 Å². The van der Waals surface area contributed by atoms with Gasteiger partial charge in [0.25, 0.3) is 0 Å². The minimum absolute atomic E-state index is 0.206. The molecule has 1 aromatic heterocycles. The van der Waals surface area contributed by atoms with Crippen molar-refractivity contribution in [2.45, 2.75) is 45.1 Å². The Morgan fingerprint density at radius 1 is 1.35 bits per heavy atom. The molecule has 1 atom stereocenters. The van der Waals surface area contributed by atoms with E-state index in [1.807, 2.05) is 0 Å². The summed E-state index contributed by atoms with van der Waals surface area (Å²) in [6.45, 7) is 3.14. The summed E-state index contributed by atoms with van der Waals surface area (Å²) in [5.41, 5.74) is 0.919. The first-order chi connectivity index (χ1) is 8.25. The molecular formula is C14H21FN2. The van der Waals surface area contributed by atoms with Crippen molar-refractivity contribution in [2.24, 2.45) is 5.92 Å². The van der Waals surface area contributed by atoms with E-state index < -0.39 is 0 Å². The minimum Gasteiger partial charge on any atom is -0.309 e. The zero-order valence-electron chi connectivity index (χ0n) is 10.5. The monoisotopic (exact) mass is 236 g/mol. The normalized spacial score (nSPS) is 19.2. The Morgan fingerprint density at radius 2 is 2.12 bits per heavy atom. The van der Waals surface area contributed by atoms with Crippen LogP contribution in [0.25, 0.3) is 0 Å². The Hall–Kier alpha value is -0.960. The van der Waals surface area contributed by atoms with Crippen molar-refractivity contribution in [1.82, 2.24) is 10.3 Å². The molecule has 1 aromatic rings. The highest BCUT2D eigenvalue weighted by Crippen LogP contribution is 2.23. The van der Waals surface area contributed by atoms with Crippen LogP contribution in [-0.2, 0) is 0 Å². The number of aromatic nitrogens is 1. The molecule has 1 heterocycles. The van der Waals surface area contributed by atoms with Crippen LogP contribution in [-0.4, -0.2) is 11.5 Å². The predicted molar refractivity (Wildman–Crippen MR) is 67.2 cm³/mol. The molecule has 0 aliphatic heterocycles. The van der Waals surface area contributed by atoms with Gasteiger partial charge in [0.05, 0.1) is 11.9 Å². The van der Waals surface area contributed by atoms with E-state index in [0.717, 1.165) is 18.2 Å². The summed E-state index contributed by atoms with van der Waals surface area (Å²) in [5, 5.41) is 3.50. The second-order valence-electron chi connectivity index (χ2n) is 5.04. The molecule has 1 fully saturated rings. The molecule has 3 heteroatoms. The van der Waals surface area contributed by atoms with Crippen LogP contribution in [0.5, 0.6) is 0 Å². The van der Waals surface area contributed by atoms with E-state index in [1.54, 1.807) is 6.07 Å². The van der Waals surface area contributed by atoms with Crippen molar-refractivity contribution in [3.8, 4) is 0 Å². The first kappa shape index (κ1) is 12.5. The number of rotatable bonds is 4. The van der Waals surface area contributed by atoms with Crippen LogP contribution in [0.4, 0.5) is 4.39 Å². The molecule has 1 unspecified atom stereocenters. The van der Waals surface area contributed by atoms with Gasteiger partial charge < -0.3 is 5.32 Å². The summed E-state index contributed by atoms with van der Waals surface area (Å²) in [6.07, 6.45) is 8.11. The molecule has 0 aromatic carbocycles.